The average Bonchev–Trinajstić information content (AvgIpc) is 3.23. The van der Waals surface area contributed by atoms with Crippen LogP contribution >= 0.6 is 11.6 Å². The molecule has 3 rings (SSSR count). The summed E-state index contributed by atoms with van der Waals surface area (Å²) < 4.78 is 5.62. The van der Waals surface area contributed by atoms with E-state index in [0.29, 0.717) is 11.7 Å². The number of hydrogen-bond acceptors (Lipinski definition) is 5. The second-order valence-electron chi connectivity index (χ2n) is 4.46. The molecule has 102 valence electrons. The van der Waals surface area contributed by atoms with Crippen LogP contribution in [0.15, 0.2) is 30.6 Å². The molecule has 1 aliphatic carbocycles. The van der Waals surface area contributed by atoms with Crippen molar-refractivity contribution in [2.75, 3.05) is 0 Å². The lowest BCUT2D eigenvalue weighted by Gasteiger charge is -2.06. The lowest BCUT2D eigenvalue weighted by Crippen LogP contribution is -1.98. The highest BCUT2D eigenvalue weighted by Crippen LogP contribution is 2.34. The molecule has 0 aliphatic heterocycles. The van der Waals surface area contributed by atoms with Crippen molar-refractivity contribution in [1.29, 1.82) is 0 Å². The van der Waals surface area contributed by atoms with Gasteiger partial charge in [-0.2, -0.15) is 0 Å². The number of benzene rings is 1. The Balaban J connectivity index is 1.95. The fraction of sp³-hybridized carbons (Fsp3) is 0.231. The Morgan fingerprint density at radius 2 is 1.95 bits per heavy atom. The minimum Gasteiger partial charge on any atom is -0.490 e. The molecule has 6 nitrogen and oxygen atoms in total. The summed E-state index contributed by atoms with van der Waals surface area (Å²) in [6.07, 6.45) is 3.67. The van der Waals surface area contributed by atoms with Crippen molar-refractivity contribution in [2.45, 2.75) is 18.9 Å². The van der Waals surface area contributed by atoms with Gasteiger partial charge in [0.1, 0.15) is 12.1 Å². The molecule has 0 saturated heterocycles. The van der Waals surface area contributed by atoms with Crippen LogP contribution in [0.2, 0.25) is 5.15 Å². The van der Waals surface area contributed by atoms with E-state index in [4.69, 9.17) is 16.3 Å². The number of hydrogen-bond donors (Lipinski definition) is 0. The van der Waals surface area contributed by atoms with Crippen molar-refractivity contribution in [3.05, 3.63) is 45.9 Å². The van der Waals surface area contributed by atoms with Gasteiger partial charge >= 0.3 is 5.69 Å². The van der Waals surface area contributed by atoms with E-state index in [1.165, 1.54) is 6.33 Å². The zero-order chi connectivity index (χ0) is 14.1. The maximum Gasteiger partial charge on any atom is 0.332 e. The largest absolute Gasteiger partial charge is 0.490 e. The molecular weight excluding hydrogens is 282 g/mol. The lowest BCUT2D eigenvalue weighted by atomic mass is 10.1. The Morgan fingerprint density at radius 3 is 2.55 bits per heavy atom. The van der Waals surface area contributed by atoms with Gasteiger partial charge in [0, 0.05) is 5.56 Å². The van der Waals surface area contributed by atoms with Gasteiger partial charge in [-0.25, -0.2) is 9.97 Å². The quantitative estimate of drug-likeness (QED) is 0.491. The summed E-state index contributed by atoms with van der Waals surface area (Å²) in [7, 11) is 0. The number of rotatable bonds is 4. The fourth-order valence-corrected chi connectivity index (χ4v) is 2.00. The van der Waals surface area contributed by atoms with Crippen LogP contribution in [0.4, 0.5) is 5.69 Å². The monoisotopic (exact) mass is 291 g/mol. The summed E-state index contributed by atoms with van der Waals surface area (Å²) in [6.45, 7) is 0. The van der Waals surface area contributed by atoms with E-state index in [0.717, 1.165) is 18.6 Å². The van der Waals surface area contributed by atoms with Crippen molar-refractivity contribution >= 4 is 17.3 Å². The number of halogens is 1. The first kappa shape index (κ1) is 12.8. The van der Waals surface area contributed by atoms with Crippen molar-refractivity contribution in [3.8, 4) is 17.0 Å². The first-order valence-electron chi connectivity index (χ1n) is 6.07. The van der Waals surface area contributed by atoms with Crippen LogP contribution in [-0.4, -0.2) is 21.0 Å². The molecule has 1 saturated carbocycles. The van der Waals surface area contributed by atoms with Crippen LogP contribution in [0, 0.1) is 10.1 Å². The van der Waals surface area contributed by atoms with Crippen LogP contribution in [0.3, 0.4) is 0 Å². The van der Waals surface area contributed by atoms with E-state index in [1.54, 1.807) is 24.3 Å². The molecule has 1 aromatic carbocycles. The smallest absolute Gasteiger partial charge is 0.332 e. The molecule has 0 radical (unpaired) electrons. The molecule has 0 bridgehead atoms. The van der Waals surface area contributed by atoms with Crippen molar-refractivity contribution in [2.24, 2.45) is 0 Å². The van der Waals surface area contributed by atoms with E-state index in [2.05, 4.69) is 9.97 Å². The number of ether oxygens (including phenoxy) is 1. The summed E-state index contributed by atoms with van der Waals surface area (Å²) in [5, 5.41) is 10.9. The molecule has 0 N–H and O–H groups in total. The third-order valence-corrected chi connectivity index (χ3v) is 3.19. The Labute approximate surface area is 119 Å². The van der Waals surface area contributed by atoms with Gasteiger partial charge < -0.3 is 4.74 Å². The first-order chi connectivity index (χ1) is 9.65. The molecule has 1 aromatic heterocycles. The Kier molecular flexibility index (Phi) is 3.23. The van der Waals surface area contributed by atoms with Gasteiger partial charge in [-0.3, -0.25) is 10.1 Å². The second-order valence-corrected chi connectivity index (χ2v) is 4.82. The van der Waals surface area contributed by atoms with Gasteiger partial charge in [-0.1, -0.05) is 11.6 Å². The molecule has 20 heavy (non-hydrogen) atoms. The molecule has 1 aliphatic rings. The molecule has 0 spiro atoms. The van der Waals surface area contributed by atoms with Gasteiger partial charge in [0.2, 0.25) is 5.15 Å². The standard InChI is InChI=1S/C13H10ClN3O3/c14-13-12(17(18)19)11(15-7-16-13)8-1-3-9(4-2-8)20-10-5-6-10/h1-4,7,10H,5-6H2. The highest BCUT2D eigenvalue weighted by molar-refractivity contribution is 6.31. The first-order valence-corrected chi connectivity index (χ1v) is 6.45. The molecule has 2 aromatic rings. The zero-order valence-electron chi connectivity index (χ0n) is 10.3. The van der Waals surface area contributed by atoms with Crippen LogP contribution in [0.25, 0.3) is 11.3 Å². The summed E-state index contributed by atoms with van der Waals surface area (Å²) in [6, 6.07) is 6.99. The maximum atomic E-state index is 11.1. The lowest BCUT2D eigenvalue weighted by molar-refractivity contribution is -0.384. The maximum absolute atomic E-state index is 11.1. The van der Waals surface area contributed by atoms with E-state index in [9.17, 15) is 10.1 Å². The van der Waals surface area contributed by atoms with Crippen LogP contribution in [0.5, 0.6) is 5.75 Å². The van der Waals surface area contributed by atoms with Crippen LogP contribution in [-0.2, 0) is 0 Å². The normalized spacial score (nSPS) is 14.1. The number of nitrogens with zero attached hydrogens (tertiary/aromatic N) is 3. The molecule has 7 heteroatoms. The third-order valence-electron chi connectivity index (χ3n) is 2.92. The highest BCUT2D eigenvalue weighted by atomic mass is 35.5. The molecule has 0 atom stereocenters. The minimum absolute atomic E-state index is 0.168. The van der Waals surface area contributed by atoms with Crippen LogP contribution < -0.4 is 4.74 Å². The Hall–Kier alpha value is -2.21. The minimum atomic E-state index is -0.577. The highest BCUT2D eigenvalue weighted by Gasteiger charge is 2.24. The fourth-order valence-electron chi connectivity index (χ4n) is 1.80. The zero-order valence-corrected chi connectivity index (χ0v) is 11.1. The predicted octanol–water partition coefficient (Wildman–Crippen LogP) is 3.25. The molecule has 0 unspecified atom stereocenters. The topological polar surface area (TPSA) is 78.2 Å². The van der Waals surface area contributed by atoms with E-state index >= 15 is 0 Å². The number of aromatic nitrogens is 2. The molecular formula is C13H10ClN3O3. The van der Waals surface area contributed by atoms with Crippen molar-refractivity contribution < 1.29 is 9.66 Å². The summed E-state index contributed by atoms with van der Waals surface area (Å²) in [5.74, 6) is 0.749. The van der Waals surface area contributed by atoms with Crippen LogP contribution in [0.1, 0.15) is 12.8 Å². The molecule has 1 heterocycles. The van der Waals surface area contributed by atoms with E-state index < -0.39 is 4.92 Å². The van der Waals surface area contributed by atoms with Crippen molar-refractivity contribution in [3.63, 3.8) is 0 Å². The van der Waals surface area contributed by atoms with Gasteiger partial charge in [0.15, 0.2) is 5.69 Å². The van der Waals surface area contributed by atoms with E-state index in [1.807, 2.05) is 0 Å². The van der Waals surface area contributed by atoms with Crippen molar-refractivity contribution in [1.82, 2.24) is 9.97 Å². The third kappa shape index (κ3) is 2.55. The summed E-state index contributed by atoms with van der Waals surface area (Å²) in [5.41, 5.74) is 0.516. The molecule has 1 fully saturated rings. The van der Waals surface area contributed by atoms with Gasteiger partial charge in [-0.05, 0) is 37.1 Å². The predicted molar refractivity (Wildman–Crippen MR) is 72.8 cm³/mol. The number of nitro groups is 1. The van der Waals surface area contributed by atoms with Gasteiger partial charge in [0.25, 0.3) is 0 Å². The summed E-state index contributed by atoms with van der Waals surface area (Å²) in [4.78, 5) is 18.1. The van der Waals surface area contributed by atoms with E-state index in [-0.39, 0.29) is 16.5 Å². The average molecular weight is 292 g/mol. The van der Waals surface area contributed by atoms with Gasteiger partial charge in [-0.15, -0.1) is 0 Å². The SMILES string of the molecule is O=[N+]([O-])c1c(Cl)ncnc1-c1ccc(OC2CC2)cc1. The Bertz CT molecular complexity index is 656. The summed E-state index contributed by atoms with van der Waals surface area (Å²) >= 11 is 5.77. The van der Waals surface area contributed by atoms with Gasteiger partial charge in [0.05, 0.1) is 11.0 Å². The second kappa shape index (κ2) is 5.05. The molecule has 0 amide bonds. The Morgan fingerprint density at radius 1 is 1.25 bits per heavy atom.